The van der Waals surface area contributed by atoms with Gasteiger partial charge in [0.05, 0.1) is 5.69 Å². The van der Waals surface area contributed by atoms with E-state index in [0.717, 1.165) is 27.3 Å². The maximum absolute atomic E-state index is 5.99. The number of hydrogen-bond donors (Lipinski definition) is 1. The Labute approximate surface area is 121 Å². The molecule has 4 heteroatoms. The number of benzene rings is 1. The van der Waals surface area contributed by atoms with E-state index in [0.29, 0.717) is 0 Å². The topological polar surface area (TPSA) is 24.9 Å². The van der Waals surface area contributed by atoms with Crippen LogP contribution in [0.25, 0.3) is 0 Å². The van der Waals surface area contributed by atoms with Crippen LogP contribution < -0.4 is 5.32 Å². The first-order chi connectivity index (χ1) is 8.66. The first-order valence-electron chi connectivity index (χ1n) is 5.75. The lowest BCUT2D eigenvalue weighted by atomic mass is 10.2. The third-order valence-corrected chi connectivity index (χ3v) is 3.75. The van der Waals surface area contributed by atoms with Gasteiger partial charge in [0.15, 0.2) is 0 Å². The van der Waals surface area contributed by atoms with Gasteiger partial charge in [0.1, 0.15) is 0 Å². The molecule has 1 heterocycles. The van der Waals surface area contributed by atoms with Crippen LogP contribution in [-0.2, 0) is 6.54 Å². The van der Waals surface area contributed by atoms with Crippen LogP contribution in [0.4, 0.5) is 0 Å². The van der Waals surface area contributed by atoms with Crippen molar-refractivity contribution in [1.29, 1.82) is 0 Å². The van der Waals surface area contributed by atoms with Crippen LogP contribution in [0.3, 0.4) is 0 Å². The van der Waals surface area contributed by atoms with Gasteiger partial charge in [-0.05, 0) is 42.8 Å². The second kappa shape index (κ2) is 6.32. The number of nitrogens with zero attached hydrogens (tertiary/aromatic N) is 1. The lowest BCUT2D eigenvalue weighted by Gasteiger charge is -2.14. The number of aromatic nitrogens is 1. The largest absolute Gasteiger partial charge is 0.305 e. The minimum Gasteiger partial charge on any atom is -0.305 e. The number of halogens is 2. The summed E-state index contributed by atoms with van der Waals surface area (Å²) in [6.07, 6.45) is 1.81. The van der Waals surface area contributed by atoms with Gasteiger partial charge in [0.25, 0.3) is 0 Å². The highest BCUT2D eigenvalue weighted by Gasteiger charge is 2.07. The van der Waals surface area contributed by atoms with Crippen LogP contribution in [0.15, 0.2) is 47.1 Å². The molecule has 2 nitrogen and oxygen atoms in total. The van der Waals surface area contributed by atoms with Crippen LogP contribution in [0.5, 0.6) is 0 Å². The molecule has 0 fully saturated rings. The van der Waals surface area contributed by atoms with E-state index in [1.165, 1.54) is 0 Å². The van der Waals surface area contributed by atoms with Crippen molar-refractivity contribution < 1.29 is 0 Å². The van der Waals surface area contributed by atoms with Gasteiger partial charge in [0, 0.05) is 28.3 Å². The first-order valence-corrected chi connectivity index (χ1v) is 6.92. The second-order valence-electron chi connectivity index (χ2n) is 4.09. The Morgan fingerprint density at radius 2 is 2.17 bits per heavy atom. The summed E-state index contributed by atoms with van der Waals surface area (Å²) in [6.45, 7) is 2.85. The minimum atomic E-state index is 0.206. The zero-order valence-corrected chi connectivity index (χ0v) is 12.4. The van der Waals surface area contributed by atoms with Crippen molar-refractivity contribution in [3.8, 4) is 0 Å². The van der Waals surface area contributed by atoms with E-state index in [-0.39, 0.29) is 6.04 Å². The monoisotopic (exact) mass is 324 g/mol. The minimum absolute atomic E-state index is 0.206. The van der Waals surface area contributed by atoms with Crippen LogP contribution in [0.1, 0.15) is 24.2 Å². The molecule has 2 rings (SSSR count). The van der Waals surface area contributed by atoms with Crippen LogP contribution in [-0.4, -0.2) is 4.98 Å². The van der Waals surface area contributed by atoms with Gasteiger partial charge in [0.2, 0.25) is 0 Å². The fourth-order valence-corrected chi connectivity index (χ4v) is 2.26. The molecule has 0 saturated carbocycles. The Kier molecular flexibility index (Phi) is 4.75. The highest BCUT2D eigenvalue weighted by molar-refractivity contribution is 9.10. The van der Waals surface area contributed by atoms with Crippen LogP contribution >= 0.6 is 27.5 Å². The standard InChI is InChI=1S/C14H14BrClN2/c1-10(14-4-2-3-7-17-14)18-9-11-8-12(16)5-6-13(11)15/h2-8,10,18H,9H2,1H3/t10-/m1/s1. The molecule has 0 aliphatic rings. The van der Waals surface area contributed by atoms with Gasteiger partial charge < -0.3 is 5.32 Å². The molecule has 0 unspecified atom stereocenters. The predicted molar refractivity (Wildman–Crippen MR) is 78.6 cm³/mol. The Morgan fingerprint density at radius 1 is 1.33 bits per heavy atom. The second-order valence-corrected chi connectivity index (χ2v) is 5.38. The summed E-state index contributed by atoms with van der Waals surface area (Å²) in [5.41, 5.74) is 2.18. The highest BCUT2D eigenvalue weighted by Crippen LogP contribution is 2.21. The van der Waals surface area contributed by atoms with E-state index in [1.54, 1.807) is 0 Å². The fraction of sp³-hybridized carbons (Fsp3) is 0.214. The van der Waals surface area contributed by atoms with Gasteiger partial charge in [-0.2, -0.15) is 0 Å². The van der Waals surface area contributed by atoms with E-state index >= 15 is 0 Å². The molecule has 18 heavy (non-hydrogen) atoms. The maximum Gasteiger partial charge on any atom is 0.0570 e. The third-order valence-electron chi connectivity index (χ3n) is 2.74. The lowest BCUT2D eigenvalue weighted by Crippen LogP contribution is -2.19. The fourth-order valence-electron chi connectivity index (χ4n) is 1.68. The molecule has 0 saturated heterocycles. The van der Waals surface area contributed by atoms with Crippen molar-refractivity contribution in [3.63, 3.8) is 0 Å². The molecular weight excluding hydrogens is 312 g/mol. The highest BCUT2D eigenvalue weighted by atomic mass is 79.9. The summed E-state index contributed by atoms with van der Waals surface area (Å²) >= 11 is 9.51. The molecule has 1 N–H and O–H groups in total. The van der Waals surface area contributed by atoms with Crippen molar-refractivity contribution in [2.24, 2.45) is 0 Å². The van der Waals surface area contributed by atoms with Crippen LogP contribution in [0.2, 0.25) is 5.02 Å². The van der Waals surface area contributed by atoms with E-state index in [9.17, 15) is 0 Å². The van der Waals surface area contributed by atoms with Gasteiger partial charge in [-0.25, -0.2) is 0 Å². The van der Waals surface area contributed by atoms with Crippen LogP contribution in [0, 0.1) is 0 Å². The quantitative estimate of drug-likeness (QED) is 0.904. The van der Waals surface area contributed by atoms with Crippen molar-refractivity contribution in [2.75, 3.05) is 0 Å². The molecule has 1 atom stereocenters. The molecule has 0 amide bonds. The normalized spacial score (nSPS) is 12.4. The Bertz CT molecular complexity index is 516. The first kappa shape index (κ1) is 13.5. The number of nitrogens with one attached hydrogen (secondary N) is 1. The Balaban J connectivity index is 2.01. The molecule has 2 aromatic rings. The molecule has 94 valence electrons. The van der Waals surface area contributed by atoms with Crippen molar-refractivity contribution >= 4 is 27.5 Å². The van der Waals surface area contributed by atoms with Gasteiger partial charge in [-0.3, -0.25) is 4.98 Å². The summed E-state index contributed by atoms with van der Waals surface area (Å²) in [6, 6.07) is 11.9. The summed E-state index contributed by atoms with van der Waals surface area (Å²) in [7, 11) is 0. The molecule has 0 radical (unpaired) electrons. The number of rotatable bonds is 4. The SMILES string of the molecule is C[C@@H](NCc1cc(Cl)ccc1Br)c1ccccn1. The van der Waals surface area contributed by atoms with E-state index in [1.807, 2.05) is 42.6 Å². The Morgan fingerprint density at radius 3 is 2.89 bits per heavy atom. The number of hydrogen-bond acceptors (Lipinski definition) is 2. The average Bonchev–Trinajstić information content (AvgIpc) is 2.40. The summed E-state index contributed by atoms with van der Waals surface area (Å²) in [5.74, 6) is 0. The van der Waals surface area contributed by atoms with E-state index in [4.69, 9.17) is 11.6 Å². The summed E-state index contributed by atoms with van der Waals surface area (Å²) < 4.78 is 1.06. The van der Waals surface area contributed by atoms with Gasteiger partial charge in [-0.15, -0.1) is 0 Å². The lowest BCUT2D eigenvalue weighted by molar-refractivity contribution is 0.560. The van der Waals surface area contributed by atoms with Crippen molar-refractivity contribution in [1.82, 2.24) is 10.3 Å². The molecule has 0 aliphatic carbocycles. The zero-order valence-electron chi connectivity index (χ0n) is 10.0. The predicted octanol–water partition coefficient (Wildman–Crippen LogP) is 4.35. The zero-order chi connectivity index (χ0) is 13.0. The van der Waals surface area contributed by atoms with Gasteiger partial charge >= 0.3 is 0 Å². The van der Waals surface area contributed by atoms with Crippen molar-refractivity contribution in [3.05, 3.63) is 63.3 Å². The average molecular weight is 326 g/mol. The molecule has 1 aromatic carbocycles. The third kappa shape index (κ3) is 3.55. The molecule has 0 spiro atoms. The van der Waals surface area contributed by atoms with Crippen molar-refractivity contribution in [2.45, 2.75) is 19.5 Å². The van der Waals surface area contributed by atoms with Gasteiger partial charge in [-0.1, -0.05) is 33.6 Å². The molecule has 1 aromatic heterocycles. The number of pyridine rings is 1. The Hall–Kier alpha value is -0.900. The van der Waals surface area contributed by atoms with E-state index in [2.05, 4.69) is 33.2 Å². The maximum atomic E-state index is 5.99. The van der Waals surface area contributed by atoms with E-state index < -0.39 is 0 Å². The smallest absolute Gasteiger partial charge is 0.0570 e. The molecule has 0 aliphatic heterocycles. The molecular formula is C14H14BrClN2. The molecule has 0 bridgehead atoms. The summed E-state index contributed by atoms with van der Waals surface area (Å²) in [4.78, 5) is 4.33. The summed E-state index contributed by atoms with van der Waals surface area (Å²) in [5, 5.41) is 4.18.